The quantitative estimate of drug-likeness (QED) is 0.864. The molecule has 0 atom stereocenters. The Labute approximate surface area is 141 Å². The lowest BCUT2D eigenvalue weighted by molar-refractivity contribution is -0.142. The highest BCUT2D eigenvalue weighted by Gasteiger charge is 2.26. The van der Waals surface area contributed by atoms with Crippen LogP contribution in [-0.2, 0) is 9.59 Å². The topological polar surface area (TPSA) is 75.6 Å². The molecule has 0 radical (unpaired) electrons. The van der Waals surface area contributed by atoms with Gasteiger partial charge in [0.2, 0.25) is 0 Å². The average molecular weight is 340 g/mol. The molecule has 1 aromatic carbocycles. The molecule has 0 unspecified atom stereocenters. The number of hydrogen-bond donors (Lipinski definition) is 2. The van der Waals surface area contributed by atoms with E-state index in [9.17, 15) is 9.59 Å². The number of amides is 1. The van der Waals surface area contributed by atoms with Gasteiger partial charge >= 0.3 is 5.97 Å². The van der Waals surface area contributed by atoms with E-state index in [1.165, 1.54) is 0 Å². The van der Waals surface area contributed by atoms with Crippen molar-refractivity contribution >= 4 is 23.5 Å². The summed E-state index contributed by atoms with van der Waals surface area (Å²) >= 11 is 6.10. The van der Waals surface area contributed by atoms with Crippen LogP contribution in [0.3, 0.4) is 0 Å². The van der Waals surface area contributed by atoms with Gasteiger partial charge in [0, 0.05) is 11.1 Å². The molecule has 0 saturated heterocycles. The van der Waals surface area contributed by atoms with Gasteiger partial charge in [-0.05, 0) is 62.8 Å². The summed E-state index contributed by atoms with van der Waals surface area (Å²) in [7, 11) is 0. The molecule has 2 N–H and O–H groups in total. The van der Waals surface area contributed by atoms with E-state index in [1.807, 2.05) is 13.8 Å². The number of carbonyl (C=O) groups is 2. The van der Waals surface area contributed by atoms with Crippen molar-refractivity contribution in [2.45, 2.75) is 45.6 Å². The fraction of sp³-hybridized carbons (Fsp3) is 0.529. The van der Waals surface area contributed by atoms with E-state index in [-0.39, 0.29) is 24.5 Å². The van der Waals surface area contributed by atoms with E-state index < -0.39 is 5.97 Å². The van der Waals surface area contributed by atoms with Crippen molar-refractivity contribution in [2.24, 2.45) is 5.92 Å². The second-order valence-electron chi connectivity index (χ2n) is 6.11. The zero-order chi connectivity index (χ0) is 17.0. The normalized spacial score (nSPS) is 20.8. The Morgan fingerprint density at radius 3 is 2.30 bits per heavy atom. The monoisotopic (exact) mass is 339 g/mol. The second-order valence-corrected chi connectivity index (χ2v) is 6.49. The molecule has 1 aliphatic carbocycles. The largest absolute Gasteiger partial charge is 0.484 e. The lowest BCUT2D eigenvalue weighted by Crippen LogP contribution is -2.40. The van der Waals surface area contributed by atoms with Crippen LogP contribution in [0.2, 0.25) is 5.02 Å². The number of carboxylic acids is 1. The Kier molecular flexibility index (Phi) is 5.88. The van der Waals surface area contributed by atoms with E-state index in [2.05, 4.69) is 5.32 Å². The number of carboxylic acid groups (broad SMARTS) is 1. The van der Waals surface area contributed by atoms with Crippen molar-refractivity contribution in [1.29, 1.82) is 0 Å². The number of benzene rings is 1. The van der Waals surface area contributed by atoms with Crippen molar-refractivity contribution in [2.75, 3.05) is 6.61 Å². The fourth-order valence-corrected chi connectivity index (χ4v) is 3.00. The molecule has 0 bridgehead atoms. The highest BCUT2D eigenvalue weighted by Crippen LogP contribution is 2.26. The van der Waals surface area contributed by atoms with Gasteiger partial charge in [0.05, 0.1) is 5.92 Å². The van der Waals surface area contributed by atoms with E-state index in [4.69, 9.17) is 21.4 Å². The Bertz CT molecular complexity index is 571. The molecule has 2 rings (SSSR count). The maximum atomic E-state index is 12.0. The molecule has 0 heterocycles. The molecule has 1 fully saturated rings. The number of aryl methyl sites for hydroxylation is 2. The van der Waals surface area contributed by atoms with Gasteiger partial charge in [-0.1, -0.05) is 11.6 Å². The standard InChI is InChI=1S/C17H22ClNO4/c1-10-7-14(8-11(2)16(10)18)23-9-15(20)19-13-5-3-12(4-6-13)17(21)22/h7-8,12-13H,3-6,9H2,1-2H3,(H,19,20)(H,21,22). The predicted molar refractivity (Wildman–Crippen MR) is 87.9 cm³/mol. The van der Waals surface area contributed by atoms with Gasteiger partial charge in [0.25, 0.3) is 5.91 Å². The van der Waals surface area contributed by atoms with Gasteiger partial charge < -0.3 is 15.2 Å². The van der Waals surface area contributed by atoms with Crippen molar-refractivity contribution < 1.29 is 19.4 Å². The molecule has 6 heteroatoms. The summed E-state index contributed by atoms with van der Waals surface area (Å²) in [5.74, 6) is -0.589. The van der Waals surface area contributed by atoms with Crippen LogP contribution >= 0.6 is 11.6 Å². The number of ether oxygens (including phenoxy) is 1. The number of aliphatic carboxylic acids is 1. The third-order valence-corrected chi connectivity index (χ3v) is 4.82. The van der Waals surface area contributed by atoms with Crippen LogP contribution in [0.4, 0.5) is 0 Å². The minimum atomic E-state index is -0.744. The van der Waals surface area contributed by atoms with Gasteiger partial charge in [-0.3, -0.25) is 9.59 Å². The Hall–Kier alpha value is -1.75. The molecule has 23 heavy (non-hydrogen) atoms. The zero-order valence-electron chi connectivity index (χ0n) is 13.4. The summed E-state index contributed by atoms with van der Waals surface area (Å²) in [6.07, 6.45) is 2.61. The summed E-state index contributed by atoms with van der Waals surface area (Å²) < 4.78 is 5.52. The number of halogens is 1. The van der Waals surface area contributed by atoms with Gasteiger partial charge in [-0.2, -0.15) is 0 Å². The summed E-state index contributed by atoms with van der Waals surface area (Å²) in [4.78, 5) is 22.9. The van der Waals surface area contributed by atoms with Crippen molar-refractivity contribution in [3.8, 4) is 5.75 Å². The number of nitrogens with one attached hydrogen (secondary N) is 1. The highest BCUT2D eigenvalue weighted by atomic mass is 35.5. The molecule has 126 valence electrons. The van der Waals surface area contributed by atoms with Gasteiger partial charge in [-0.15, -0.1) is 0 Å². The lowest BCUT2D eigenvalue weighted by atomic mass is 9.86. The van der Waals surface area contributed by atoms with Crippen molar-refractivity contribution in [3.05, 3.63) is 28.3 Å². The first kappa shape index (κ1) is 17.6. The third-order valence-electron chi connectivity index (χ3n) is 4.22. The van der Waals surface area contributed by atoms with E-state index >= 15 is 0 Å². The Morgan fingerprint density at radius 2 is 1.78 bits per heavy atom. The molecule has 1 saturated carbocycles. The molecule has 1 aromatic rings. The molecular formula is C17H22ClNO4. The predicted octanol–water partition coefficient (Wildman–Crippen LogP) is 3.10. The van der Waals surface area contributed by atoms with Crippen LogP contribution < -0.4 is 10.1 Å². The molecular weight excluding hydrogens is 318 g/mol. The summed E-state index contributed by atoms with van der Waals surface area (Å²) in [6.45, 7) is 3.73. The minimum absolute atomic E-state index is 0.0374. The summed E-state index contributed by atoms with van der Waals surface area (Å²) in [5, 5.41) is 12.6. The van der Waals surface area contributed by atoms with Crippen LogP contribution in [0.25, 0.3) is 0 Å². The van der Waals surface area contributed by atoms with Gasteiger partial charge in [0.15, 0.2) is 6.61 Å². The van der Waals surface area contributed by atoms with Crippen LogP contribution in [0.15, 0.2) is 12.1 Å². The molecule has 1 aliphatic rings. The van der Waals surface area contributed by atoms with E-state index in [0.717, 1.165) is 11.1 Å². The molecule has 0 spiro atoms. The maximum Gasteiger partial charge on any atom is 0.306 e. The lowest BCUT2D eigenvalue weighted by Gasteiger charge is -2.26. The summed E-state index contributed by atoms with van der Waals surface area (Å²) in [6, 6.07) is 3.65. The van der Waals surface area contributed by atoms with Crippen molar-refractivity contribution in [1.82, 2.24) is 5.32 Å². The Balaban J connectivity index is 1.79. The van der Waals surface area contributed by atoms with Crippen molar-refractivity contribution in [3.63, 3.8) is 0 Å². The number of carbonyl (C=O) groups excluding carboxylic acids is 1. The van der Waals surface area contributed by atoms with Crippen LogP contribution in [0, 0.1) is 19.8 Å². The van der Waals surface area contributed by atoms with Crippen LogP contribution in [-0.4, -0.2) is 29.6 Å². The second kappa shape index (κ2) is 7.68. The summed E-state index contributed by atoms with van der Waals surface area (Å²) in [5.41, 5.74) is 1.82. The minimum Gasteiger partial charge on any atom is -0.484 e. The third kappa shape index (κ3) is 4.86. The first-order valence-corrected chi connectivity index (χ1v) is 8.16. The molecule has 5 nitrogen and oxygen atoms in total. The van der Waals surface area contributed by atoms with Gasteiger partial charge in [0.1, 0.15) is 5.75 Å². The first-order valence-electron chi connectivity index (χ1n) is 7.78. The number of hydrogen-bond acceptors (Lipinski definition) is 3. The zero-order valence-corrected chi connectivity index (χ0v) is 14.2. The Morgan fingerprint density at radius 1 is 1.22 bits per heavy atom. The van der Waals surface area contributed by atoms with Gasteiger partial charge in [-0.25, -0.2) is 0 Å². The average Bonchev–Trinajstić information content (AvgIpc) is 2.51. The fourth-order valence-electron chi connectivity index (χ4n) is 2.89. The number of rotatable bonds is 5. The SMILES string of the molecule is Cc1cc(OCC(=O)NC2CCC(C(=O)O)CC2)cc(C)c1Cl. The molecule has 0 aliphatic heterocycles. The first-order chi connectivity index (χ1) is 10.9. The smallest absolute Gasteiger partial charge is 0.306 e. The van der Waals surface area contributed by atoms with E-state index in [0.29, 0.717) is 36.5 Å². The van der Waals surface area contributed by atoms with E-state index in [1.54, 1.807) is 12.1 Å². The highest BCUT2D eigenvalue weighted by molar-refractivity contribution is 6.32. The molecule has 1 amide bonds. The van der Waals surface area contributed by atoms with Crippen LogP contribution in [0.5, 0.6) is 5.75 Å². The maximum absolute atomic E-state index is 12.0. The molecule has 0 aromatic heterocycles. The van der Waals surface area contributed by atoms with Crippen LogP contribution in [0.1, 0.15) is 36.8 Å².